The highest BCUT2D eigenvalue weighted by Gasteiger charge is 2.09. The summed E-state index contributed by atoms with van der Waals surface area (Å²) in [5.74, 6) is 0.720. The molecule has 108 valence electrons. The van der Waals surface area contributed by atoms with E-state index in [1.165, 1.54) is 5.56 Å². The molecule has 0 saturated heterocycles. The monoisotopic (exact) mass is 269 g/mol. The van der Waals surface area contributed by atoms with E-state index < -0.39 is 12.1 Å². The molecule has 5 nitrogen and oxygen atoms in total. The minimum atomic E-state index is -0.688. The van der Waals surface area contributed by atoms with Crippen molar-refractivity contribution in [2.24, 2.45) is 0 Å². The third kappa shape index (κ3) is 6.02. The van der Waals surface area contributed by atoms with Crippen LogP contribution in [0.25, 0.3) is 0 Å². The predicted octanol–water partition coefficient (Wildman–Crippen LogP) is -0.0685. The molecule has 0 radical (unpaired) electrons. The Hall–Kier alpha value is -1.14. The lowest BCUT2D eigenvalue weighted by molar-refractivity contribution is 0.0929. The van der Waals surface area contributed by atoms with Gasteiger partial charge < -0.3 is 25.4 Å². The second kappa shape index (κ2) is 8.87. The summed E-state index contributed by atoms with van der Waals surface area (Å²) >= 11 is 0. The van der Waals surface area contributed by atoms with Crippen LogP contribution in [0, 0.1) is 0 Å². The third-order valence-corrected chi connectivity index (χ3v) is 2.86. The number of hydrogen-bond donors (Lipinski definition) is 4. The number of rotatable bonds is 9. The summed E-state index contributed by atoms with van der Waals surface area (Å²) in [5, 5.41) is 30.3. The van der Waals surface area contributed by atoms with E-state index >= 15 is 0 Å². The first kappa shape index (κ1) is 15.9. The van der Waals surface area contributed by atoms with Gasteiger partial charge in [-0.2, -0.15) is 0 Å². The minimum Gasteiger partial charge on any atom is -0.491 e. The molecular formula is C14H23NO4. The van der Waals surface area contributed by atoms with E-state index in [0.29, 0.717) is 0 Å². The van der Waals surface area contributed by atoms with Crippen molar-refractivity contribution >= 4 is 0 Å². The Labute approximate surface area is 113 Å². The zero-order chi connectivity index (χ0) is 14.1. The van der Waals surface area contributed by atoms with E-state index in [2.05, 4.69) is 12.2 Å². The molecule has 1 unspecified atom stereocenters. The Morgan fingerprint density at radius 1 is 1.16 bits per heavy atom. The van der Waals surface area contributed by atoms with E-state index in [1.807, 2.05) is 24.3 Å². The van der Waals surface area contributed by atoms with Gasteiger partial charge in [0.25, 0.3) is 0 Å². The van der Waals surface area contributed by atoms with Crippen molar-refractivity contribution < 1.29 is 20.1 Å². The second-order valence-electron chi connectivity index (χ2n) is 4.43. The molecule has 0 fully saturated rings. The van der Waals surface area contributed by atoms with Crippen LogP contribution in [0.15, 0.2) is 24.3 Å². The van der Waals surface area contributed by atoms with E-state index in [4.69, 9.17) is 14.9 Å². The Kier molecular flexibility index (Phi) is 7.43. The average molecular weight is 269 g/mol. The van der Waals surface area contributed by atoms with Crippen LogP contribution in [0.4, 0.5) is 0 Å². The normalized spacial score (nSPS) is 12.7. The fraction of sp³-hybridized carbons (Fsp3) is 0.571. The first-order chi connectivity index (χ1) is 9.19. The van der Waals surface area contributed by atoms with Gasteiger partial charge in [-0.05, 0) is 24.1 Å². The number of aliphatic hydroxyl groups excluding tert-OH is 3. The molecule has 0 spiro atoms. The molecule has 0 heterocycles. The van der Waals surface area contributed by atoms with Gasteiger partial charge in [0.1, 0.15) is 18.5 Å². The Balaban J connectivity index is 2.27. The Morgan fingerprint density at radius 3 is 2.32 bits per heavy atom. The first-order valence-electron chi connectivity index (χ1n) is 6.54. The molecule has 0 bridgehead atoms. The van der Waals surface area contributed by atoms with Crippen LogP contribution in [0.3, 0.4) is 0 Å². The van der Waals surface area contributed by atoms with Gasteiger partial charge in [-0.1, -0.05) is 19.1 Å². The minimum absolute atomic E-state index is 0.164. The molecule has 1 rings (SSSR count). The molecule has 0 aliphatic carbocycles. The maximum absolute atomic E-state index is 9.70. The van der Waals surface area contributed by atoms with Crippen LogP contribution in [-0.4, -0.2) is 53.8 Å². The number of aliphatic hydroxyl groups is 3. The van der Waals surface area contributed by atoms with Crippen molar-refractivity contribution in [3.8, 4) is 5.75 Å². The molecule has 1 atom stereocenters. The van der Waals surface area contributed by atoms with Crippen LogP contribution in [0.1, 0.15) is 12.5 Å². The van der Waals surface area contributed by atoms with Gasteiger partial charge in [-0.15, -0.1) is 0 Å². The molecule has 0 aromatic heterocycles. The van der Waals surface area contributed by atoms with E-state index in [9.17, 15) is 5.11 Å². The summed E-state index contributed by atoms with van der Waals surface area (Å²) in [6, 6.07) is 7.34. The molecule has 5 heteroatoms. The van der Waals surface area contributed by atoms with Gasteiger partial charge in [-0.3, -0.25) is 0 Å². The van der Waals surface area contributed by atoms with Gasteiger partial charge in [0.05, 0.1) is 19.3 Å². The van der Waals surface area contributed by atoms with Crippen molar-refractivity contribution in [1.29, 1.82) is 0 Å². The maximum Gasteiger partial charge on any atom is 0.119 e. The number of benzene rings is 1. The van der Waals surface area contributed by atoms with Crippen molar-refractivity contribution in [1.82, 2.24) is 5.32 Å². The van der Waals surface area contributed by atoms with Crippen molar-refractivity contribution in [2.45, 2.75) is 25.5 Å². The summed E-state index contributed by atoms with van der Waals surface area (Å²) in [7, 11) is 0. The Bertz CT molecular complexity index is 338. The summed E-state index contributed by atoms with van der Waals surface area (Å²) in [4.78, 5) is 0. The highest BCUT2D eigenvalue weighted by Crippen LogP contribution is 2.12. The van der Waals surface area contributed by atoms with Crippen LogP contribution in [0.5, 0.6) is 5.75 Å². The summed E-state index contributed by atoms with van der Waals surface area (Å²) in [6.07, 6.45) is 0.294. The summed E-state index contributed by atoms with van der Waals surface area (Å²) in [5.41, 5.74) is 1.24. The molecule has 19 heavy (non-hydrogen) atoms. The van der Waals surface area contributed by atoms with Gasteiger partial charge in [-0.25, -0.2) is 0 Å². The SMILES string of the molecule is CCc1ccc(OCC(O)CNC(CO)CO)cc1. The lowest BCUT2D eigenvalue weighted by Gasteiger charge is -2.17. The van der Waals surface area contributed by atoms with Crippen molar-refractivity contribution in [3.05, 3.63) is 29.8 Å². The summed E-state index contributed by atoms with van der Waals surface area (Å²) < 4.78 is 5.45. The van der Waals surface area contributed by atoms with E-state index in [1.54, 1.807) is 0 Å². The standard InChI is InChI=1S/C14H23NO4/c1-2-11-3-5-14(6-4-11)19-10-13(18)7-15-12(8-16)9-17/h3-6,12-13,15-18H,2,7-10H2,1H3. The zero-order valence-corrected chi connectivity index (χ0v) is 11.2. The quantitative estimate of drug-likeness (QED) is 0.504. The van der Waals surface area contributed by atoms with Crippen LogP contribution < -0.4 is 10.1 Å². The van der Waals surface area contributed by atoms with Gasteiger partial charge >= 0.3 is 0 Å². The van der Waals surface area contributed by atoms with Crippen LogP contribution in [0.2, 0.25) is 0 Å². The molecule has 4 N–H and O–H groups in total. The number of aryl methyl sites for hydroxylation is 1. The third-order valence-electron chi connectivity index (χ3n) is 2.86. The fourth-order valence-corrected chi connectivity index (χ4v) is 1.56. The topological polar surface area (TPSA) is 82.0 Å². The predicted molar refractivity (Wildman–Crippen MR) is 73.3 cm³/mol. The van der Waals surface area contributed by atoms with Gasteiger partial charge in [0.15, 0.2) is 0 Å². The van der Waals surface area contributed by atoms with Gasteiger partial charge in [0, 0.05) is 6.54 Å². The van der Waals surface area contributed by atoms with Crippen molar-refractivity contribution in [2.75, 3.05) is 26.4 Å². The summed E-state index contributed by atoms with van der Waals surface area (Å²) in [6.45, 7) is 2.19. The largest absolute Gasteiger partial charge is 0.491 e. The lowest BCUT2D eigenvalue weighted by atomic mass is 10.2. The van der Waals surface area contributed by atoms with E-state index in [-0.39, 0.29) is 26.4 Å². The number of ether oxygens (including phenoxy) is 1. The van der Waals surface area contributed by atoms with E-state index in [0.717, 1.165) is 12.2 Å². The van der Waals surface area contributed by atoms with Crippen molar-refractivity contribution in [3.63, 3.8) is 0 Å². The smallest absolute Gasteiger partial charge is 0.119 e. The van der Waals surface area contributed by atoms with Gasteiger partial charge in [0.2, 0.25) is 0 Å². The Morgan fingerprint density at radius 2 is 1.79 bits per heavy atom. The molecule has 0 amide bonds. The second-order valence-corrected chi connectivity index (χ2v) is 4.43. The molecule has 1 aromatic carbocycles. The molecule has 0 saturated carbocycles. The molecule has 0 aliphatic rings. The molecule has 1 aromatic rings. The highest BCUT2D eigenvalue weighted by molar-refractivity contribution is 5.27. The molecular weight excluding hydrogens is 246 g/mol. The number of hydrogen-bond acceptors (Lipinski definition) is 5. The maximum atomic E-state index is 9.70. The first-order valence-corrected chi connectivity index (χ1v) is 6.54. The van der Waals surface area contributed by atoms with Crippen LogP contribution >= 0.6 is 0 Å². The zero-order valence-electron chi connectivity index (χ0n) is 11.2. The molecule has 0 aliphatic heterocycles. The average Bonchev–Trinajstić information content (AvgIpc) is 2.46. The fourth-order valence-electron chi connectivity index (χ4n) is 1.56. The highest BCUT2D eigenvalue weighted by atomic mass is 16.5. The number of nitrogens with one attached hydrogen (secondary N) is 1. The van der Waals surface area contributed by atoms with Crippen LogP contribution in [-0.2, 0) is 6.42 Å². The lowest BCUT2D eigenvalue weighted by Crippen LogP contribution is -2.41.